The lowest BCUT2D eigenvalue weighted by atomic mass is 9.85. The highest BCUT2D eigenvalue weighted by molar-refractivity contribution is 7.92. The van der Waals surface area contributed by atoms with Gasteiger partial charge in [-0.25, -0.2) is 8.42 Å². The number of rotatable bonds is 4. The van der Waals surface area contributed by atoms with E-state index in [1.165, 1.54) is 0 Å². The van der Waals surface area contributed by atoms with E-state index in [1.54, 1.807) is 20.8 Å². The van der Waals surface area contributed by atoms with E-state index in [1.807, 2.05) is 0 Å². The predicted molar refractivity (Wildman–Crippen MR) is 68.8 cm³/mol. The summed E-state index contributed by atoms with van der Waals surface area (Å²) < 4.78 is 27.3. The van der Waals surface area contributed by atoms with Crippen molar-refractivity contribution < 1.29 is 17.9 Å². The summed E-state index contributed by atoms with van der Waals surface area (Å²) in [5, 5.41) is 2.66. The highest BCUT2D eigenvalue weighted by Gasteiger charge is 2.45. The second-order valence-corrected chi connectivity index (χ2v) is 8.40. The van der Waals surface area contributed by atoms with Crippen molar-refractivity contribution >= 4 is 15.7 Å². The van der Waals surface area contributed by atoms with Crippen molar-refractivity contribution in [3.8, 4) is 0 Å². The molecule has 0 radical (unpaired) electrons. The Balaban J connectivity index is 2.68. The van der Waals surface area contributed by atoms with Crippen LogP contribution in [0.2, 0.25) is 0 Å². The van der Waals surface area contributed by atoms with Crippen LogP contribution in [0.4, 0.5) is 0 Å². The number of nitrogens with one attached hydrogen (secondary N) is 1. The van der Waals surface area contributed by atoms with Gasteiger partial charge in [0.25, 0.3) is 0 Å². The summed E-state index contributed by atoms with van der Waals surface area (Å²) in [6, 6.07) is -0.362. The molecule has 0 aromatic rings. The number of nitrogens with two attached hydrogens (primary N) is 1. The van der Waals surface area contributed by atoms with E-state index in [0.717, 1.165) is 6.26 Å². The van der Waals surface area contributed by atoms with Gasteiger partial charge in [0.05, 0.1) is 23.4 Å². The van der Waals surface area contributed by atoms with Crippen LogP contribution in [0, 0.1) is 5.41 Å². The SMILES string of the molecule is CC1(C(=O)NCC(C)(C)S(C)(=O)=O)COCC1N. The Kier molecular flexibility index (Phi) is 4.10. The predicted octanol–water partition coefficient (Wildman–Crippen LogP) is -0.710. The molecule has 0 aliphatic carbocycles. The molecule has 1 aliphatic rings. The summed E-state index contributed by atoms with van der Waals surface area (Å²) in [5.41, 5.74) is 5.05. The van der Waals surface area contributed by atoms with Gasteiger partial charge in [0, 0.05) is 18.8 Å². The first kappa shape index (κ1) is 15.4. The first-order valence-corrected chi connectivity index (χ1v) is 7.71. The average molecular weight is 278 g/mol. The van der Waals surface area contributed by atoms with Crippen molar-refractivity contribution in [3.05, 3.63) is 0 Å². The maximum Gasteiger partial charge on any atom is 0.229 e. The van der Waals surface area contributed by atoms with Crippen molar-refractivity contribution in [2.75, 3.05) is 26.0 Å². The molecule has 3 N–H and O–H groups in total. The van der Waals surface area contributed by atoms with Gasteiger partial charge in [0.15, 0.2) is 9.84 Å². The van der Waals surface area contributed by atoms with Crippen molar-refractivity contribution in [1.82, 2.24) is 5.32 Å². The fourth-order valence-electron chi connectivity index (χ4n) is 1.55. The minimum atomic E-state index is -3.23. The summed E-state index contributed by atoms with van der Waals surface area (Å²) in [6.45, 7) is 5.56. The van der Waals surface area contributed by atoms with E-state index in [0.29, 0.717) is 6.61 Å². The Morgan fingerprint density at radius 3 is 2.50 bits per heavy atom. The lowest BCUT2D eigenvalue weighted by Gasteiger charge is -2.29. The van der Waals surface area contributed by atoms with Crippen molar-refractivity contribution in [1.29, 1.82) is 0 Å². The highest BCUT2D eigenvalue weighted by Crippen LogP contribution is 2.27. The quantitative estimate of drug-likeness (QED) is 0.708. The average Bonchev–Trinajstić information content (AvgIpc) is 2.55. The Bertz CT molecular complexity index is 432. The Labute approximate surface area is 108 Å². The molecule has 1 saturated heterocycles. The van der Waals surface area contributed by atoms with Crippen molar-refractivity contribution in [2.45, 2.75) is 31.6 Å². The van der Waals surface area contributed by atoms with Gasteiger partial charge >= 0.3 is 0 Å². The van der Waals surface area contributed by atoms with E-state index >= 15 is 0 Å². The van der Waals surface area contributed by atoms with Crippen LogP contribution in [-0.2, 0) is 19.4 Å². The molecule has 6 nitrogen and oxygen atoms in total. The van der Waals surface area contributed by atoms with Crippen LogP contribution in [0.1, 0.15) is 20.8 Å². The van der Waals surface area contributed by atoms with Crippen LogP contribution in [0.5, 0.6) is 0 Å². The Hall–Kier alpha value is -0.660. The Morgan fingerprint density at radius 2 is 2.11 bits per heavy atom. The summed E-state index contributed by atoms with van der Waals surface area (Å²) in [6.07, 6.45) is 1.16. The van der Waals surface area contributed by atoms with Crippen LogP contribution < -0.4 is 11.1 Å². The lowest BCUT2D eigenvalue weighted by Crippen LogP contribution is -2.53. The lowest BCUT2D eigenvalue weighted by molar-refractivity contribution is -0.130. The normalized spacial score (nSPS) is 29.3. The molecule has 2 unspecified atom stereocenters. The van der Waals surface area contributed by atoms with E-state index in [-0.39, 0.29) is 25.1 Å². The molecule has 0 aromatic heterocycles. The molecule has 0 bridgehead atoms. The van der Waals surface area contributed by atoms with Crippen molar-refractivity contribution in [2.24, 2.45) is 11.1 Å². The third-order valence-electron chi connectivity index (χ3n) is 3.71. The summed E-state index contributed by atoms with van der Waals surface area (Å²) >= 11 is 0. The van der Waals surface area contributed by atoms with Gasteiger partial charge < -0.3 is 15.8 Å². The molecule has 18 heavy (non-hydrogen) atoms. The monoisotopic (exact) mass is 278 g/mol. The van der Waals surface area contributed by atoms with Gasteiger partial charge in [-0.05, 0) is 20.8 Å². The van der Waals surface area contributed by atoms with E-state index in [9.17, 15) is 13.2 Å². The molecule has 0 aromatic carbocycles. The fraction of sp³-hybridized carbons (Fsp3) is 0.909. The van der Waals surface area contributed by atoms with Gasteiger partial charge in [0.2, 0.25) is 5.91 Å². The van der Waals surface area contributed by atoms with Gasteiger partial charge in [-0.1, -0.05) is 0 Å². The van der Waals surface area contributed by atoms with E-state index in [4.69, 9.17) is 10.5 Å². The molecule has 1 fully saturated rings. The second-order valence-electron chi connectivity index (χ2n) is 5.75. The molecule has 106 valence electrons. The number of ether oxygens (including phenoxy) is 1. The molecule has 1 aliphatic heterocycles. The first-order valence-electron chi connectivity index (χ1n) is 5.82. The minimum Gasteiger partial charge on any atom is -0.379 e. The zero-order valence-corrected chi connectivity index (χ0v) is 12.1. The smallest absolute Gasteiger partial charge is 0.229 e. The minimum absolute atomic E-state index is 0.0625. The third-order valence-corrected chi connectivity index (χ3v) is 5.87. The maximum absolute atomic E-state index is 12.1. The van der Waals surface area contributed by atoms with Crippen LogP contribution >= 0.6 is 0 Å². The fourth-order valence-corrected chi connectivity index (χ4v) is 1.88. The number of amides is 1. The molecular weight excluding hydrogens is 256 g/mol. The first-order chi connectivity index (χ1) is 8.01. The maximum atomic E-state index is 12.1. The summed E-state index contributed by atoms with van der Waals surface area (Å²) in [4.78, 5) is 12.1. The summed E-state index contributed by atoms with van der Waals surface area (Å²) in [5.74, 6) is -0.260. The van der Waals surface area contributed by atoms with Gasteiger partial charge in [-0.2, -0.15) is 0 Å². The Morgan fingerprint density at radius 1 is 1.56 bits per heavy atom. The largest absolute Gasteiger partial charge is 0.379 e. The van der Waals surface area contributed by atoms with Gasteiger partial charge in [-0.15, -0.1) is 0 Å². The third kappa shape index (κ3) is 2.84. The molecule has 2 atom stereocenters. The number of hydrogen-bond acceptors (Lipinski definition) is 5. The van der Waals surface area contributed by atoms with Crippen LogP contribution in [-0.4, -0.2) is 51.1 Å². The molecule has 1 heterocycles. The van der Waals surface area contributed by atoms with Crippen LogP contribution in [0.15, 0.2) is 0 Å². The molecule has 0 saturated carbocycles. The zero-order chi connectivity index (χ0) is 14.2. The van der Waals surface area contributed by atoms with E-state index < -0.39 is 20.0 Å². The molecule has 7 heteroatoms. The highest BCUT2D eigenvalue weighted by atomic mass is 32.2. The second kappa shape index (κ2) is 4.79. The van der Waals surface area contributed by atoms with E-state index in [2.05, 4.69) is 5.32 Å². The summed E-state index contributed by atoms with van der Waals surface area (Å²) in [7, 11) is -3.23. The number of hydrogen-bond donors (Lipinski definition) is 2. The number of carbonyl (C=O) groups is 1. The molecule has 0 spiro atoms. The molecular formula is C11H22N2O4S. The molecule has 1 amide bonds. The standard InChI is InChI=1S/C11H22N2O4S/c1-10(2,18(4,15)16)6-13-9(14)11(3)7-17-5-8(11)12/h8H,5-7,12H2,1-4H3,(H,13,14). The number of carbonyl (C=O) groups excluding carboxylic acids is 1. The van der Waals surface area contributed by atoms with Gasteiger partial charge in [0.1, 0.15) is 0 Å². The topological polar surface area (TPSA) is 98.5 Å². The van der Waals surface area contributed by atoms with Crippen LogP contribution in [0.25, 0.3) is 0 Å². The van der Waals surface area contributed by atoms with Gasteiger partial charge in [-0.3, -0.25) is 4.79 Å². The number of sulfone groups is 1. The molecule has 1 rings (SSSR count). The van der Waals surface area contributed by atoms with Crippen LogP contribution in [0.3, 0.4) is 0 Å². The zero-order valence-electron chi connectivity index (χ0n) is 11.3. The van der Waals surface area contributed by atoms with Crippen molar-refractivity contribution in [3.63, 3.8) is 0 Å².